The monoisotopic (exact) mass is 412 g/mol. The van der Waals surface area contributed by atoms with E-state index in [-0.39, 0.29) is 11.6 Å². The molecular weight excluding hydrogens is 390 g/mol. The van der Waals surface area contributed by atoms with Gasteiger partial charge in [0.1, 0.15) is 17.5 Å². The molecule has 6 nitrogen and oxygen atoms in total. The molecule has 1 aliphatic heterocycles. The molecule has 8 heteroatoms. The number of piperidine rings is 1. The van der Waals surface area contributed by atoms with Crippen LogP contribution in [-0.2, 0) is 4.79 Å². The minimum atomic E-state index is -0.686. The number of likely N-dealkylation sites (tertiary alicyclic amines) is 1. The normalized spacial score (nSPS) is 17.7. The molecule has 0 spiro atoms. The number of hydrogen-bond donors (Lipinski definition) is 2. The Labute approximate surface area is 172 Å². The molecule has 30 heavy (non-hydrogen) atoms. The van der Waals surface area contributed by atoms with Gasteiger partial charge in [0.2, 0.25) is 0 Å². The molecule has 156 valence electrons. The fourth-order valence-corrected chi connectivity index (χ4v) is 4.01. The van der Waals surface area contributed by atoms with Crippen molar-refractivity contribution in [2.24, 2.45) is 0 Å². The maximum Gasteiger partial charge on any atom is 0.267 e. The van der Waals surface area contributed by atoms with Crippen molar-refractivity contribution in [2.75, 3.05) is 20.1 Å². The molecule has 2 aromatic carbocycles. The molecule has 0 aliphatic carbocycles. The van der Waals surface area contributed by atoms with Crippen LogP contribution in [0.3, 0.4) is 0 Å². The summed E-state index contributed by atoms with van der Waals surface area (Å²) >= 11 is 0. The Bertz CT molecular complexity index is 1130. The van der Waals surface area contributed by atoms with E-state index >= 15 is 0 Å². The highest BCUT2D eigenvalue weighted by Gasteiger charge is 2.25. The third-order valence-corrected chi connectivity index (χ3v) is 5.38. The number of nitrogens with one attached hydrogen (secondary N) is 1. The maximum absolute atomic E-state index is 14.9. The number of imidazole rings is 1. The summed E-state index contributed by atoms with van der Waals surface area (Å²) in [5, 5.41) is 8.64. The molecule has 4 rings (SSSR count). The summed E-state index contributed by atoms with van der Waals surface area (Å²) in [7, 11) is 2.04. The molecule has 0 unspecified atom stereocenters. The lowest BCUT2D eigenvalue weighted by Crippen LogP contribution is -2.33. The predicted octanol–water partition coefficient (Wildman–Crippen LogP) is 3.77. The van der Waals surface area contributed by atoms with Crippen LogP contribution in [0.4, 0.5) is 8.78 Å². The zero-order valence-corrected chi connectivity index (χ0v) is 16.5. The molecule has 1 saturated heterocycles. The van der Waals surface area contributed by atoms with Gasteiger partial charge >= 0.3 is 0 Å². The number of rotatable bonds is 4. The highest BCUT2D eigenvalue weighted by Crippen LogP contribution is 2.34. The first kappa shape index (κ1) is 20.2. The van der Waals surface area contributed by atoms with Crippen molar-refractivity contribution in [2.45, 2.75) is 18.9 Å². The first-order valence-corrected chi connectivity index (χ1v) is 9.74. The van der Waals surface area contributed by atoms with E-state index in [1.54, 1.807) is 12.1 Å². The second-order valence-corrected chi connectivity index (χ2v) is 7.55. The average molecular weight is 412 g/mol. The van der Waals surface area contributed by atoms with Gasteiger partial charge in [-0.25, -0.2) is 19.2 Å². The molecule has 1 aromatic heterocycles. The van der Waals surface area contributed by atoms with Gasteiger partial charge < -0.3 is 9.47 Å². The predicted molar refractivity (Wildman–Crippen MR) is 110 cm³/mol. The molecule has 0 saturated carbocycles. The lowest BCUT2D eigenvalue weighted by molar-refractivity contribution is -0.124. The summed E-state index contributed by atoms with van der Waals surface area (Å²) in [5.41, 5.74) is 3.58. The largest absolute Gasteiger partial charge is 0.319 e. The van der Waals surface area contributed by atoms with Crippen molar-refractivity contribution in [1.29, 1.82) is 0 Å². The summed E-state index contributed by atoms with van der Waals surface area (Å²) in [5.74, 6) is -1.12. The number of likely N-dealkylation sites (N-methyl/N-ethyl adjacent to an activating group) is 1. The quantitative estimate of drug-likeness (QED) is 0.389. The fourth-order valence-electron chi connectivity index (χ4n) is 4.01. The number of hydrogen-bond acceptors (Lipinski definition) is 4. The van der Waals surface area contributed by atoms with Gasteiger partial charge in [-0.15, -0.1) is 0 Å². The first-order chi connectivity index (χ1) is 14.5. The molecule has 2 heterocycles. The van der Waals surface area contributed by atoms with Crippen molar-refractivity contribution in [1.82, 2.24) is 19.9 Å². The number of nitrogens with zero attached hydrogens (tertiary/aromatic N) is 3. The molecule has 1 aliphatic rings. The molecule has 2 N–H and O–H groups in total. The van der Waals surface area contributed by atoms with Crippen molar-refractivity contribution in [3.05, 3.63) is 59.7 Å². The van der Waals surface area contributed by atoms with E-state index in [0.717, 1.165) is 37.5 Å². The summed E-state index contributed by atoms with van der Waals surface area (Å²) in [4.78, 5) is 18.1. The number of fused-ring (bicyclic) bond motifs is 1. The van der Waals surface area contributed by atoms with E-state index in [1.165, 1.54) is 35.8 Å². The molecule has 3 aromatic rings. The van der Waals surface area contributed by atoms with Crippen LogP contribution in [0.1, 0.15) is 24.4 Å². The summed E-state index contributed by atoms with van der Waals surface area (Å²) in [6.07, 6.45) is 4.53. The SMILES string of the molecule is CN1CCC[C@@H](n2c(-c3cc(C=CC(=O)NO)ccc3F)nc3cc(F)ccc32)C1. The Morgan fingerprint density at radius 3 is 2.87 bits per heavy atom. The van der Waals surface area contributed by atoms with Crippen LogP contribution < -0.4 is 5.48 Å². The zero-order valence-electron chi connectivity index (χ0n) is 16.5. The number of carbonyl (C=O) groups excluding carboxylic acids is 1. The topological polar surface area (TPSA) is 70.4 Å². The van der Waals surface area contributed by atoms with E-state index in [1.807, 2.05) is 11.6 Å². The van der Waals surface area contributed by atoms with Gasteiger partial charge in [-0.2, -0.15) is 0 Å². The second kappa shape index (κ2) is 8.33. The zero-order chi connectivity index (χ0) is 21.3. The van der Waals surface area contributed by atoms with Gasteiger partial charge in [0.25, 0.3) is 5.91 Å². The van der Waals surface area contributed by atoms with Crippen molar-refractivity contribution < 1.29 is 18.8 Å². The minimum absolute atomic E-state index is 0.0768. The number of amides is 1. The van der Waals surface area contributed by atoms with Crippen LogP contribution in [-0.4, -0.2) is 45.7 Å². The maximum atomic E-state index is 14.9. The van der Waals surface area contributed by atoms with Crippen LogP contribution in [0.2, 0.25) is 0 Å². The Balaban J connectivity index is 1.87. The average Bonchev–Trinajstić information content (AvgIpc) is 3.11. The van der Waals surface area contributed by atoms with E-state index in [0.29, 0.717) is 16.9 Å². The number of halogens is 2. The van der Waals surface area contributed by atoms with Gasteiger partial charge in [-0.1, -0.05) is 6.07 Å². The van der Waals surface area contributed by atoms with E-state index in [2.05, 4.69) is 9.88 Å². The van der Waals surface area contributed by atoms with Gasteiger partial charge in [-0.3, -0.25) is 10.0 Å². The number of aromatic nitrogens is 2. The molecule has 1 atom stereocenters. The van der Waals surface area contributed by atoms with Crippen LogP contribution in [0.5, 0.6) is 0 Å². The summed E-state index contributed by atoms with van der Waals surface area (Å²) in [6.45, 7) is 1.78. The number of hydroxylamine groups is 1. The minimum Gasteiger partial charge on any atom is -0.319 e. The third kappa shape index (κ3) is 3.96. The molecule has 1 fully saturated rings. The van der Waals surface area contributed by atoms with Crippen LogP contribution in [0.25, 0.3) is 28.5 Å². The van der Waals surface area contributed by atoms with Gasteiger partial charge in [0, 0.05) is 24.7 Å². The second-order valence-electron chi connectivity index (χ2n) is 7.55. The first-order valence-electron chi connectivity index (χ1n) is 9.74. The molecular formula is C22H22F2N4O2. The highest BCUT2D eigenvalue weighted by atomic mass is 19.1. The Hall–Kier alpha value is -3.10. The summed E-state index contributed by atoms with van der Waals surface area (Å²) in [6, 6.07) is 8.94. The highest BCUT2D eigenvalue weighted by molar-refractivity contribution is 5.91. The third-order valence-electron chi connectivity index (χ3n) is 5.38. The number of benzene rings is 2. The van der Waals surface area contributed by atoms with Gasteiger partial charge in [0.05, 0.1) is 16.6 Å². The van der Waals surface area contributed by atoms with Crippen LogP contribution >= 0.6 is 0 Å². The molecule has 1 amide bonds. The Morgan fingerprint density at radius 1 is 1.27 bits per heavy atom. The van der Waals surface area contributed by atoms with Crippen LogP contribution in [0.15, 0.2) is 42.5 Å². The number of carbonyl (C=O) groups is 1. The van der Waals surface area contributed by atoms with E-state index < -0.39 is 17.5 Å². The Kier molecular flexibility index (Phi) is 5.61. The Morgan fingerprint density at radius 2 is 2.10 bits per heavy atom. The molecule has 0 radical (unpaired) electrons. The van der Waals surface area contributed by atoms with Gasteiger partial charge in [-0.05, 0) is 62.3 Å². The standard InChI is InChI=1S/C22H22F2N4O2/c1-27-10-2-3-16(13-27)28-20-8-6-15(23)12-19(20)25-22(28)17-11-14(4-7-18(17)24)5-9-21(29)26-30/h4-9,11-12,16,30H,2-3,10,13H2,1H3,(H,26,29)/t16-/m1/s1. The van der Waals surface area contributed by atoms with Crippen molar-refractivity contribution in [3.63, 3.8) is 0 Å². The van der Waals surface area contributed by atoms with E-state index in [4.69, 9.17) is 5.21 Å². The molecule has 0 bridgehead atoms. The van der Waals surface area contributed by atoms with Crippen molar-refractivity contribution >= 4 is 23.0 Å². The van der Waals surface area contributed by atoms with Gasteiger partial charge in [0.15, 0.2) is 0 Å². The van der Waals surface area contributed by atoms with Crippen molar-refractivity contribution in [3.8, 4) is 11.4 Å². The lowest BCUT2D eigenvalue weighted by Gasteiger charge is -2.32. The fraction of sp³-hybridized carbons (Fsp3) is 0.273. The lowest BCUT2D eigenvalue weighted by atomic mass is 10.0. The summed E-state index contributed by atoms with van der Waals surface area (Å²) < 4.78 is 30.7. The smallest absolute Gasteiger partial charge is 0.267 e. The van der Waals surface area contributed by atoms with Crippen LogP contribution in [0, 0.1) is 11.6 Å². The van der Waals surface area contributed by atoms with E-state index in [9.17, 15) is 13.6 Å².